The Morgan fingerprint density at radius 1 is 1.15 bits per heavy atom. The van der Waals surface area contributed by atoms with Gasteiger partial charge in [0.05, 0.1) is 29.5 Å². The highest BCUT2D eigenvalue weighted by Gasteiger charge is 2.44. The lowest BCUT2D eigenvalue weighted by atomic mass is 9.68. The number of hydrogen-bond donors (Lipinski definition) is 1. The van der Waals surface area contributed by atoms with Gasteiger partial charge in [0.2, 0.25) is 0 Å². The average molecular weight is 744 g/mol. The average Bonchev–Trinajstić information content (AvgIpc) is 3.39. The molecule has 1 fully saturated rings. The lowest BCUT2D eigenvalue weighted by Crippen LogP contribution is -2.49. The molecular formula is C39H46ClN7O4S. The van der Waals surface area contributed by atoms with Gasteiger partial charge in [-0.3, -0.25) is 14.2 Å². The van der Waals surface area contributed by atoms with Gasteiger partial charge in [-0.2, -0.15) is 5.10 Å². The molecule has 1 N–H and O–H groups in total. The SMILES string of the molecule is CO[C@H]1/C=C/C[C@H](C)CS(=O)(Nc2nc(C)nc3nn(C)cc23)=NC(=O)c2ccc3c(c2)N(C[C@@H]2CC[C@H]21)C[C@@]1(CCCc2cc(Cl)ccc21)CO3. The van der Waals surface area contributed by atoms with E-state index in [1.54, 1.807) is 38.0 Å². The molecule has 52 heavy (non-hydrogen) atoms. The van der Waals surface area contributed by atoms with Crippen LogP contribution in [-0.4, -0.2) is 68.5 Å². The van der Waals surface area contributed by atoms with Gasteiger partial charge in [0.25, 0.3) is 5.91 Å². The van der Waals surface area contributed by atoms with E-state index < -0.39 is 15.8 Å². The van der Waals surface area contributed by atoms with Gasteiger partial charge in [-0.1, -0.05) is 36.7 Å². The molecule has 4 aromatic rings. The van der Waals surface area contributed by atoms with Crippen molar-refractivity contribution in [3.63, 3.8) is 0 Å². The highest BCUT2D eigenvalue weighted by Crippen LogP contribution is 2.47. The van der Waals surface area contributed by atoms with Crippen LogP contribution in [-0.2, 0) is 33.5 Å². The molecule has 2 aromatic carbocycles. The van der Waals surface area contributed by atoms with Crippen LogP contribution in [0.2, 0.25) is 5.02 Å². The Kier molecular flexibility index (Phi) is 9.28. The van der Waals surface area contributed by atoms with Gasteiger partial charge in [-0.05, 0) is 105 Å². The zero-order chi connectivity index (χ0) is 36.2. The molecule has 0 saturated heterocycles. The number of rotatable bonds is 3. The second-order valence-electron chi connectivity index (χ2n) is 15.2. The molecular weight excluding hydrogens is 698 g/mol. The number of allylic oxidation sites excluding steroid dienone is 1. The highest BCUT2D eigenvalue weighted by atomic mass is 35.5. The van der Waals surface area contributed by atoms with E-state index in [2.05, 4.69) is 53.3 Å². The number of hydrogen-bond acceptors (Lipinski definition) is 8. The van der Waals surface area contributed by atoms with E-state index in [0.717, 1.165) is 61.7 Å². The van der Waals surface area contributed by atoms with Crippen molar-refractivity contribution < 1.29 is 18.5 Å². The van der Waals surface area contributed by atoms with Crippen molar-refractivity contribution in [3.8, 4) is 5.75 Å². The number of carbonyl (C=O) groups is 1. The maximum Gasteiger partial charge on any atom is 0.286 e. The summed E-state index contributed by atoms with van der Waals surface area (Å²) in [5.74, 6) is 1.82. The van der Waals surface area contributed by atoms with E-state index in [0.29, 0.717) is 53.1 Å². The van der Waals surface area contributed by atoms with Crippen molar-refractivity contribution in [3.05, 3.63) is 82.3 Å². The third-order valence-corrected chi connectivity index (χ3v) is 13.6. The minimum Gasteiger partial charge on any atom is -0.490 e. The zero-order valence-electron chi connectivity index (χ0n) is 30.2. The van der Waals surface area contributed by atoms with Crippen molar-refractivity contribution in [2.75, 3.05) is 42.2 Å². The van der Waals surface area contributed by atoms with Gasteiger partial charge in [-0.25, -0.2) is 14.2 Å². The Morgan fingerprint density at radius 2 is 2.02 bits per heavy atom. The number of halogens is 1. The lowest BCUT2D eigenvalue weighted by Gasteiger charge is -2.46. The van der Waals surface area contributed by atoms with Crippen LogP contribution >= 0.6 is 11.6 Å². The quantitative estimate of drug-likeness (QED) is 0.221. The summed E-state index contributed by atoms with van der Waals surface area (Å²) in [6.45, 7) is 5.85. The monoisotopic (exact) mass is 743 g/mol. The number of methoxy groups -OCH3 is 1. The first-order valence-electron chi connectivity index (χ1n) is 18.3. The van der Waals surface area contributed by atoms with Gasteiger partial charge in [0, 0.05) is 49.4 Å². The molecule has 8 rings (SSSR count). The summed E-state index contributed by atoms with van der Waals surface area (Å²) < 4.78 is 36.9. The summed E-state index contributed by atoms with van der Waals surface area (Å²) in [6, 6.07) is 11.8. The van der Waals surface area contributed by atoms with Crippen molar-refractivity contribution in [1.82, 2.24) is 19.7 Å². The number of amides is 1. The van der Waals surface area contributed by atoms with E-state index in [-0.39, 0.29) is 23.2 Å². The summed E-state index contributed by atoms with van der Waals surface area (Å²) in [5.41, 5.74) is 4.02. The molecule has 2 aliphatic heterocycles. The molecule has 13 heteroatoms. The molecule has 2 aromatic heterocycles. The molecule has 2 aliphatic carbocycles. The maximum atomic E-state index is 14.9. The van der Waals surface area contributed by atoms with Crippen LogP contribution < -0.4 is 14.4 Å². The summed E-state index contributed by atoms with van der Waals surface area (Å²) in [5, 5.41) is 5.78. The van der Waals surface area contributed by atoms with Crippen molar-refractivity contribution in [2.24, 2.45) is 29.2 Å². The van der Waals surface area contributed by atoms with E-state index in [9.17, 15) is 9.00 Å². The van der Waals surface area contributed by atoms with Gasteiger partial charge >= 0.3 is 0 Å². The van der Waals surface area contributed by atoms with E-state index in [1.165, 1.54) is 11.1 Å². The predicted molar refractivity (Wildman–Crippen MR) is 205 cm³/mol. The van der Waals surface area contributed by atoms with Crippen LogP contribution in [0.3, 0.4) is 0 Å². The van der Waals surface area contributed by atoms with Crippen LogP contribution in [0.1, 0.15) is 66.3 Å². The van der Waals surface area contributed by atoms with Crippen LogP contribution in [0.15, 0.2) is 59.1 Å². The molecule has 1 spiro atoms. The third-order valence-electron chi connectivity index (χ3n) is 11.4. The molecule has 1 saturated carbocycles. The minimum absolute atomic E-state index is 0.0315. The molecule has 1 unspecified atom stereocenters. The minimum atomic E-state index is -3.37. The van der Waals surface area contributed by atoms with Crippen molar-refractivity contribution >= 4 is 50.0 Å². The molecule has 0 radical (unpaired) electrons. The first-order valence-corrected chi connectivity index (χ1v) is 20.3. The Balaban J connectivity index is 1.23. The fourth-order valence-corrected chi connectivity index (χ4v) is 10.9. The van der Waals surface area contributed by atoms with E-state index >= 15 is 0 Å². The van der Waals surface area contributed by atoms with Crippen LogP contribution in [0.4, 0.5) is 11.5 Å². The number of fused-ring (bicyclic) bond motifs is 5. The molecule has 6 atom stereocenters. The van der Waals surface area contributed by atoms with Gasteiger partial charge in [0.1, 0.15) is 21.5 Å². The summed E-state index contributed by atoms with van der Waals surface area (Å²) in [6.07, 6.45) is 11.9. The van der Waals surface area contributed by atoms with Gasteiger partial charge in [0.15, 0.2) is 11.5 Å². The number of aromatic nitrogens is 4. The first-order chi connectivity index (χ1) is 25.0. The van der Waals surface area contributed by atoms with Crippen LogP contribution in [0.5, 0.6) is 5.75 Å². The zero-order valence-corrected chi connectivity index (χ0v) is 31.8. The number of nitrogens with zero attached hydrogens (tertiary/aromatic N) is 6. The predicted octanol–water partition coefficient (Wildman–Crippen LogP) is 7.07. The van der Waals surface area contributed by atoms with Crippen LogP contribution in [0.25, 0.3) is 11.0 Å². The van der Waals surface area contributed by atoms with E-state index in [4.69, 9.17) is 21.1 Å². The second kappa shape index (κ2) is 13.8. The fraction of sp³-hybridized carbons (Fsp3) is 0.487. The largest absolute Gasteiger partial charge is 0.490 e. The standard InChI is InChI=1S/C39H46ClN7O4S/c1-24-7-5-9-34(50-4)30-13-10-28(30)19-47-22-39(16-6-8-26-17-29(40)12-14-32(26)39)23-51-35-15-11-27(18-33(35)47)38(48)45-52(49,21-24)44-37-31-20-46(3)43-36(31)41-25(2)42-37/h5,9,11-12,14-15,17-18,20,24,28,30,34H,6-8,10,13,16,19,21-23H2,1-4H3,(H,41,42,43,44,45,48,49)/b9-5+/t24-,28-,30+,34-,39-,52?/m0/s1. The highest BCUT2D eigenvalue weighted by molar-refractivity contribution is 7.95. The smallest absolute Gasteiger partial charge is 0.286 e. The number of anilines is 2. The van der Waals surface area contributed by atoms with Crippen molar-refractivity contribution in [1.29, 1.82) is 0 Å². The number of benzene rings is 2. The molecule has 4 aliphatic rings. The Morgan fingerprint density at radius 3 is 2.83 bits per heavy atom. The first kappa shape index (κ1) is 35.1. The number of ether oxygens (including phenoxy) is 2. The van der Waals surface area contributed by atoms with Gasteiger partial charge < -0.3 is 14.4 Å². The third kappa shape index (κ3) is 6.69. The Hall–Kier alpha value is -4.00. The lowest BCUT2D eigenvalue weighted by molar-refractivity contribution is 0.0131. The second-order valence-corrected chi connectivity index (χ2v) is 17.7. The molecule has 11 nitrogen and oxygen atoms in total. The summed E-state index contributed by atoms with van der Waals surface area (Å²) >= 11 is 6.48. The Bertz CT molecular complexity index is 2200. The van der Waals surface area contributed by atoms with Gasteiger partial charge in [-0.15, -0.1) is 4.36 Å². The summed E-state index contributed by atoms with van der Waals surface area (Å²) in [4.78, 5) is 25.6. The van der Waals surface area contributed by atoms with E-state index in [1.807, 2.05) is 25.1 Å². The molecule has 274 valence electrons. The Labute approximate surface area is 310 Å². The maximum absolute atomic E-state index is 14.9. The summed E-state index contributed by atoms with van der Waals surface area (Å²) in [7, 11) is 0.216. The molecule has 4 heterocycles. The van der Waals surface area contributed by atoms with Crippen LogP contribution in [0, 0.1) is 24.7 Å². The normalized spacial score (nSPS) is 29.6. The number of aryl methyl sites for hydroxylation is 3. The topological polar surface area (TPSA) is 124 Å². The van der Waals surface area contributed by atoms with Crippen molar-refractivity contribution in [2.45, 2.75) is 63.9 Å². The molecule has 2 bridgehead atoms. The fourth-order valence-electron chi connectivity index (χ4n) is 8.72. The number of carbonyl (C=O) groups excluding carboxylic acids is 1. The molecule has 1 amide bonds. The number of nitrogens with one attached hydrogen (secondary N) is 1.